The van der Waals surface area contributed by atoms with Crippen LogP contribution in [0.5, 0.6) is 0 Å². The van der Waals surface area contributed by atoms with Crippen LogP contribution in [-0.2, 0) is 0 Å². The maximum atomic E-state index is 4.39. The second kappa shape index (κ2) is 4.89. The van der Waals surface area contributed by atoms with Crippen molar-refractivity contribution in [1.82, 2.24) is 10.3 Å². The van der Waals surface area contributed by atoms with Crippen LogP contribution in [0.3, 0.4) is 0 Å². The summed E-state index contributed by atoms with van der Waals surface area (Å²) in [5.41, 5.74) is 3.16. The van der Waals surface area contributed by atoms with Crippen molar-refractivity contribution >= 4 is 11.3 Å². The van der Waals surface area contributed by atoms with Gasteiger partial charge in [0.1, 0.15) is 0 Å². The Hall–Kier alpha value is -0.410. The van der Waals surface area contributed by atoms with Gasteiger partial charge in [0.2, 0.25) is 0 Å². The molecular formula is C11H18N2S. The van der Waals surface area contributed by atoms with Gasteiger partial charge in [-0.1, -0.05) is 19.8 Å². The Labute approximate surface area is 89.8 Å². The standard InChI is InChI=1S/C11H18N2S/c1-2-12-10(6-5-9-3-4-9)11-7-14-8-13-11/h7-10,12H,2-6H2,1H3. The largest absolute Gasteiger partial charge is 0.309 e. The molecule has 1 N–H and O–H groups in total. The average Bonchev–Trinajstić information content (AvgIpc) is 2.86. The smallest absolute Gasteiger partial charge is 0.0795 e. The van der Waals surface area contributed by atoms with Crippen LogP contribution in [0.1, 0.15) is 44.3 Å². The summed E-state index contributed by atoms with van der Waals surface area (Å²) in [6.45, 7) is 3.20. The number of thiazole rings is 1. The minimum absolute atomic E-state index is 0.492. The second-order valence-electron chi connectivity index (χ2n) is 4.04. The summed E-state index contributed by atoms with van der Waals surface area (Å²) in [4.78, 5) is 4.39. The normalized spacial score (nSPS) is 18.4. The molecule has 0 saturated heterocycles. The van der Waals surface area contributed by atoms with Crippen molar-refractivity contribution in [3.63, 3.8) is 0 Å². The van der Waals surface area contributed by atoms with Crippen LogP contribution in [0.25, 0.3) is 0 Å². The average molecular weight is 210 g/mol. The third kappa shape index (κ3) is 2.79. The molecule has 1 aromatic rings. The zero-order valence-corrected chi connectivity index (χ0v) is 9.52. The van der Waals surface area contributed by atoms with E-state index in [1.807, 2.05) is 5.51 Å². The first-order valence-corrected chi connectivity index (χ1v) is 6.46. The van der Waals surface area contributed by atoms with Gasteiger partial charge in [0, 0.05) is 5.38 Å². The van der Waals surface area contributed by atoms with Crippen LogP contribution in [-0.4, -0.2) is 11.5 Å². The number of nitrogens with one attached hydrogen (secondary N) is 1. The van der Waals surface area contributed by atoms with Gasteiger partial charge in [-0.3, -0.25) is 0 Å². The Morgan fingerprint density at radius 2 is 2.50 bits per heavy atom. The summed E-state index contributed by atoms with van der Waals surface area (Å²) in [7, 11) is 0. The number of rotatable bonds is 6. The molecule has 1 heterocycles. The third-order valence-electron chi connectivity index (χ3n) is 2.82. The maximum absolute atomic E-state index is 4.39. The van der Waals surface area contributed by atoms with Crippen LogP contribution in [0.4, 0.5) is 0 Å². The van der Waals surface area contributed by atoms with Gasteiger partial charge in [-0.15, -0.1) is 11.3 Å². The minimum Gasteiger partial charge on any atom is -0.309 e. The van der Waals surface area contributed by atoms with Crippen molar-refractivity contribution in [2.75, 3.05) is 6.54 Å². The van der Waals surface area contributed by atoms with Gasteiger partial charge < -0.3 is 5.32 Å². The topological polar surface area (TPSA) is 24.9 Å². The van der Waals surface area contributed by atoms with Crippen LogP contribution in [0.15, 0.2) is 10.9 Å². The lowest BCUT2D eigenvalue weighted by Gasteiger charge is -2.15. The molecule has 0 amide bonds. The van der Waals surface area contributed by atoms with Crippen molar-refractivity contribution < 1.29 is 0 Å². The Balaban J connectivity index is 1.85. The number of hydrogen-bond donors (Lipinski definition) is 1. The monoisotopic (exact) mass is 210 g/mol. The predicted molar refractivity (Wildman–Crippen MR) is 60.5 cm³/mol. The highest BCUT2D eigenvalue weighted by Crippen LogP contribution is 2.35. The molecule has 0 radical (unpaired) electrons. The van der Waals surface area contributed by atoms with E-state index in [4.69, 9.17) is 0 Å². The van der Waals surface area contributed by atoms with Gasteiger partial charge >= 0.3 is 0 Å². The lowest BCUT2D eigenvalue weighted by atomic mass is 10.1. The zero-order chi connectivity index (χ0) is 9.80. The quantitative estimate of drug-likeness (QED) is 0.780. The summed E-state index contributed by atoms with van der Waals surface area (Å²) in [5.74, 6) is 1.02. The van der Waals surface area contributed by atoms with E-state index in [9.17, 15) is 0 Å². The van der Waals surface area contributed by atoms with Gasteiger partial charge in [0.15, 0.2) is 0 Å². The molecule has 3 heteroatoms. The van der Waals surface area contributed by atoms with Gasteiger partial charge in [-0.2, -0.15) is 0 Å². The molecule has 0 aromatic carbocycles. The van der Waals surface area contributed by atoms with Gasteiger partial charge in [-0.25, -0.2) is 4.98 Å². The molecule has 1 aliphatic rings. The number of nitrogens with zero attached hydrogens (tertiary/aromatic N) is 1. The highest BCUT2D eigenvalue weighted by molar-refractivity contribution is 7.07. The van der Waals surface area contributed by atoms with Crippen molar-refractivity contribution in [1.29, 1.82) is 0 Å². The summed E-state index contributed by atoms with van der Waals surface area (Å²) < 4.78 is 0. The van der Waals surface area contributed by atoms with E-state index >= 15 is 0 Å². The molecule has 0 spiro atoms. The van der Waals surface area contributed by atoms with Crippen LogP contribution >= 0.6 is 11.3 Å². The van der Waals surface area contributed by atoms with Gasteiger partial charge in [0.25, 0.3) is 0 Å². The first-order valence-electron chi connectivity index (χ1n) is 5.51. The third-order valence-corrected chi connectivity index (χ3v) is 3.42. The Morgan fingerprint density at radius 1 is 1.64 bits per heavy atom. The maximum Gasteiger partial charge on any atom is 0.0795 e. The minimum atomic E-state index is 0.492. The van der Waals surface area contributed by atoms with E-state index in [1.54, 1.807) is 11.3 Å². The van der Waals surface area contributed by atoms with Crippen LogP contribution in [0.2, 0.25) is 0 Å². The van der Waals surface area contributed by atoms with Crippen molar-refractivity contribution in [3.8, 4) is 0 Å². The first-order chi connectivity index (χ1) is 6.90. The summed E-state index contributed by atoms with van der Waals surface area (Å²) in [6, 6.07) is 0.492. The Morgan fingerprint density at radius 3 is 3.07 bits per heavy atom. The molecule has 1 saturated carbocycles. The van der Waals surface area contributed by atoms with Crippen molar-refractivity contribution in [2.45, 2.75) is 38.6 Å². The molecule has 0 bridgehead atoms. The fourth-order valence-electron chi connectivity index (χ4n) is 1.80. The van der Waals surface area contributed by atoms with E-state index in [-0.39, 0.29) is 0 Å². The van der Waals surface area contributed by atoms with E-state index in [0.717, 1.165) is 12.5 Å². The molecule has 1 atom stereocenters. The van der Waals surface area contributed by atoms with Crippen molar-refractivity contribution in [2.24, 2.45) is 5.92 Å². The lowest BCUT2D eigenvalue weighted by Crippen LogP contribution is -2.21. The number of aromatic nitrogens is 1. The van der Waals surface area contributed by atoms with Gasteiger partial charge in [-0.05, 0) is 25.3 Å². The fourth-order valence-corrected chi connectivity index (χ4v) is 2.41. The van der Waals surface area contributed by atoms with Gasteiger partial charge in [0.05, 0.1) is 17.2 Å². The Kier molecular flexibility index (Phi) is 3.54. The summed E-state index contributed by atoms with van der Waals surface area (Å²) >= 11 is 1.69. The molecule has 78 valence electrons. The van der Waals surface area contributed by atoms with Crippen LogP contribution in [0, 0.1) is 5.92 Å². The highest BCUT2D eigenvalue weighted by atomic mass is 32.1. The molecule has 1 aromatic heterocycles. The molecule has 1 aliphatic carbocycles. The molecule has 2 nitrogen and oxygen atoms in total. The highest BCUT2D eigenvalue weighted by Gasteiger charge is 2.23. The predicted octanol–water partition coefficient (Wildman–Crippen LogP) is 2.98. The molecule has 2 rings (SSSR count). The van der Waals surface area contributed by atoms with E-state index in [1.165, 1.54) is 31.4 Å². The van der Waals surface area contributed by atoms with E-state index in [2.05, 4.69) is 22.6 Å². The van der Waals surface area contributed by atoms with E-state index in [0.29, 0.717) is 6.04 Å². The summed E-state index contributed by atoms with van der Waals surface area (Å²) in [6.07, 6.45) is 5.53. The molecule has 14 heavy (non-hydrogen) atoms. The van der Waals surface area contributed by atoms with E-state index < -0.39 is 0 Å². The lowest BCUT2D eigenvalue weighted by molar-refractivity contribution is 0.474. The number of hydrogen-bond acceptors (Lipinski definition) is 3. The molecule has 1 unspecified atom stereocenters. The zero-order valence-electron chi connectivity index (χ0n) is 8.70. The first kappa shape index (κ1) is 10.1. The molecular weight excluding hydrogens is 192 g/mol. The summed E-state index contributed by atoms with van der Waals surface area (Å²) in [5, 5.41) is 5.68. The molecule has 1 fully saturated rings. The van der Waals surface area contributed by atoms with Crippen molar-refractivity contribution in [3.05, 3.63) is 16.6 Å². The molecule has 0 aliphatic heterocycles. The Bertz CT molecular complexity index is 254. The van der Waals surface area contributed by atoms with Crippen LogP contribution < -0.4 is 5.32 Å². The fraction of sp³-hybridized carbons (Fsp3) is 0.727. The second-order valence-corrected chi connectivity index (χ2v) is 4.76. The SMILES string of the molecule is CCNC(CCC1CC1)c1cscn1.